The Morgan fingerprint density at radius 1 is 1.02 bits per heavy atom. The molecule has 2 aromatic rings. The number of methoxy groups -OCH3 is 2. The van der Waals surface area contributed by atoms with Crippen molar-refractivity contribution in [3.05, 3.63) is 70.9 Å². The normalized spacial score (nSPS) is 18.8. The van der Waals surface area contributed by atoms with Crippen molar-refractivity contribution in [1.29, 1.82) is 5.26 Å². The first-order valence-corrected chi connectivity index (χ1v) is 14.3. The number of amides is 2. The van der Waals surface area contributed by atoms with E-state index in [1.54, 1.807) is 38.1 Å². The van der Waals surface area contributed by atoms with Crippen molar-refractivity contribution in [3.8, 4) is 6.07 Å². The molecule has 2 aromatic carbocycles. The van der Waals surface area contributed by atoms with Crippen LogP contribution in [0.2, 0.25) is 0 Å². The lowest BCUT2D eigenvalue weighted by molar-refractivity contribution is -0.143. The number of ether oxygens (including phenoxy) is 2. The third kappa shape index (κ3) is 7.40. The van der Waals surface area contributed by atoms with E-state index in [1.807, 2.05) is 24.3 Å². The number of carbonyl (C=O) groups is 3. The van der Waals surface area contributed by atoms with Crippen molar-refractivity contribution in [2.45, 2.75) is 38.6 Å². The van der Waals surface area contributed by atoms with Gasteiger partial charge in [0.15, 0.2) is 0 Å². The number of nitriles is 1. The summed E-state index contributed by atoms with van der Waals surface area (Å²) in [6.07, 6.45) is 1.89. The molecule has 3 N–H and O–H groups in total. The van der Waals surface area contributed by atoms with Crippen LogP contribution in [0.4, 0.5) is 16.2 Å². The minimum atomic E-state index is -0.814. The summed E-state index contributed by atoms with van der Waals surface area (Å²) in [5, 5.41) is 18.6. The van der Waals surface area contributed by atoms with Crippen LogP contribution in [-0.2, 0) is 19.1 Å². The molecule has 0 saturated carbocycles. The molecule has 0 aliphatic carbocycles. The smallest absolute Gasteiger partial charge is 0.336 e. The first-order valence-electron chi connectivity index (χ1n) is 14.3. The number of hydrogen-bond donors (Lipinski definition) is 3. The third-order valence-corrected chi connectivity index (χ3v) is 7.90. The molecule has 1 saturated heterocycles. The standard InChI is InChI=1S/C32H38N6O5/c1-20-27(30(39)42-3)29(28(21(2)36-20)31(40)43-4)22-9-7-10-25(18-22)37-32(41)35-15-14-34-24-12-16-38(17-13-24)26-11-6-5-8-23(26)19-33/h5-11,18,24,27,29,34H,12-17H2,1-4H3,(H2,35,37,41). The topological polar surface area (TPSA) is 145 Å². The first-order chi connectivity index (χ1) is 20.8. The van der Waals surface area contributed by atoms with Crippen LogP contribution in [0.15, 0.2) is 64.8 Å². The Morgan fingerprint density at radius 2 is 1.77 bits per heavy atom. The van der Waals surface area contributed by atoms with Gasteiger partial charge in [0.2, 0.25) is 0 Å². The fourth-order valence-corrected chi connectivity index (χ4v) is 5.81. The number of carbonyl (C=O) groups excluding carboxylic acids is 3. The van der Waals surface area contributed by atoms with Crippen LogP contribution in [-0.4, -0.2) is 70.1 Å². The fraction of sp³-hybridized carbons (Fsp3) is 0.406. The summed E-state index contributed by atoms with van der Waals surface area (Å²) < 4.78 is 10.1. The van der Waals surface area contributed by atoms with Gasteiger partial charge in [-0.05, 0) is 56.5 Å². The number of benzene rings is 2. The number of esters is 2. The van der Waals surface area contributed by atoms with Crippen LogP contribution in [0.1, 0.15) is 43.7 Å². The van der Waals surface area contributed by atoms with E-state index in [0.717, 1.165) is 31.6 Å². The van der Waals surface area contributed by atoms with Gasteiger partial charge in [0.05, 0.1) is 31.0 Å². The van der Waals surface area contributed by atoms with Gasteiger partial charge in [-0.1, -0.05) is 24.3 Å². The molecular formula is C32H38N6O5. The molecule has 11 heteroatoms. The molecule has 2 unspecified atom stereocenters. The van der Waals surface area contributed by atoms with Gasteiger partial charge in [-0.25, -0.2) is 9.59 Å². The van der Waals surface area contributed by atoms with Gasteiger partial charge in [0.25, 0.3) is 0 Å². The third-order valence-electron chi connectivity index (χ3n) is 7.90. The summed E-state index contributed by atoms with van der Waals surface area (Å²) in [6.45, 7) is 6.19. The number of nitrogens with one attached hydrogen (secondary N) is 3. The van der Waals surface area contributed by atoms with E-state index in [1.165, 1.54) is 14.2 Å². The number of urea groups is 1. The minimum absolute atomic E-state index is 0.274. The molecule has 2 aliphatic heterocycles. The SMILES string of the molecule is COC(=O)C1=C(C)N=C(C)C(C(=O)OC)C1c1cccc(NC(=O)NCCNC2CCN(c3ccccc3C#N)CC2)c1. The molecular weight excluding hydrogens is 548 g/mol. The van der Waals surface area contributed by atoms with Crippen LogP contribution < -0.4 is 20.9 Å². The Bertz CT molecular complexity index is 1450. The first kappa shape index (κ1) is 31.3. The lowest BCUT2D eigenvalue weighted by Gasteiger charge is -2.34. The van der Waals surface area contributed by atoms with E-state index in [0.29, 0.717) is 47.4 Å². The molecule has 2 amide bonds. The van der Waals surface area contributed by atoms with Gasteiger partial charge in [-0.3, -0.25) is 9.79 Å². The number of anilines is 2. The monoisotopic (exact) mass is 586 g/mol. The lowest BCUT2D eigenvalue weighted by atomic mass is 9.75. The molecule has 1 fully saturated rings. The zero-order valence-corrected chi connectivity index (χ0v) is 25.0. The number of piperidine rings is 1. The maximum absolute atomic E-state index is 12.8. The molecule has 43 heavy (non-hydrogen) atoms. The van der Waals surface area contributed by atoms with E-state index < -0.39 is 23.8 Å². The predicted molar refractivity (Wildman–Crippen MR) is 164 cm³/mol. The molecule has 0 radical (unpaired) electrons. The second-order valence-corrected chi connectivity index (χ2v) is 10.6. The van der Waals surface area contributed by atoms with Gasteiger partial charge in [0, 0.05) is 55.2 Å². The van der Waals surface area contributed by atoms with Crippen molar-refractivity contribution in [2.24, 2.45) is 10.9 Å². The molecule has 226 valence electrons. The van der Waals surface area contributed by atoms with Gasteiger partial charge in [-0.15, -0.1) is 0 Å². The number of allylic oxidation sites excluding steroid dienone is 1. The molecule has 2 atom stereocenters. The summed E-state index contributed by atoms with van der Waals surface area (Å²) in [5.74, 6) is -2.59. The van der Waals surface area contributed by atoms with E-state index >= 15 is 0 Å². The predicted octanol–water partition coefficient (Wildman–Crippen LogP) is 3.73. The van der Waals surface area contributed by atoms with Crippen LogP contribution in [0.25, 0.3) is 0 Å². The number of hydrogen-bond acceptors (Lipinski definition) is 9. The van der Waals surface area contributed by atoms with Crippen LogP contribution in [0.5, 0.6) is 0 Å². The second-order valence-electron chi connectivity index (χ2n) is 10.6. The zero-order valence-electron chi connectivity index (χ0n) is 25.0. The van der Waals surface area contributed by atoms with Crippen LogP contribution in [0.3, 0.4) is 0 Å². The molecule has 4 rings (SSSR count). The van der Waals surface area contributed by atoms with E-state index in [2.05, 4.69) is 31.9 Å². The molecule has 11 nitrogen and oxygen atoms in total. The van der Waals surface area contributed by atoms with Crippen molar-refractivity contribution in [2.75, 3.05) is 50.6 Å². The number of rotatable bonds is 9. The Hall–Kier alpha value is -4.69. The average Bonchev–Trinajstić information content (AvgIpc) is 3.02. The summed E-state index contributed by atoms with van der Waals surface area (Å²) in [5.41, 5.74) is 4.10. The van der Waals surface area contributed by atoms with Crippen molar-refractivity contribution < 1.29 is 23.9 Å². The van der Waals surface area contributed by atoms with Crippen LogP contribution in [0, 0.1) is 17.2 Å². The van der Waals surface area contributed by atoms with Gasteiger partial charge in [0.1, 0.15) is 12.0 Å². The highest BCUT2D eigenvalue weighted by Gasteiger charge is 2.42. The summed E-state index contributed by atoms with van der Waals surface area (Å²) in [6, 6.07) is 16.9. The molecule has 2 heterocycles. The van der Waals surface area contributed by atoms with Crippen LogP contribution >= 0.6 is 0 Å². The van der Waals surface area contributed by atoms with E-state index in [-0.39, 0.29) is 11.6 Å². The number of aliphatic imine (C=N–C) groups is 1. The highest BCUT2D eigenvalue weighted by molar-refractivity contribution is 6.07. The van der Waals surface area contributed by atoms with E-state index in [9.17, 15) is 19.6 Å². The summed E-state index contributed by atoms with van der Waals surface area (Å²) in [4.78, 5) is 44.9. The lowest BCUT2D eigenvalue weighted by Crippen LogP contribution is -2.45. The molecule has 0 aromatic heterocycles. The van der Waals surface area contributed by atoms with Crippen molar-refractivity contribution >= 4 is 35.1 Å². The maximum atomic E-state index is 12.8. The summed E-state index contributed by atoms with van der Waals surface area (Å²) >= 11 is 0. The average molecular weight is 587 g/mol. The Balaban J connectivity index is 1.31. The highest BCUT2D eigenvalue weighted by Crippen LogP contribution is 2.40. The van der Waals surface area contributed by atoms with Gasteiger partial charge in [-0.2, -0.15) is 5.26 Å². The van der Waals surface area contributed by atoms with Gasteiger partial charge >= 0.3 is 18.0 Å². The van der Waals surface area contributed by atoms with Gasteiger partial charge < -0.3 is 30.3 Å². The number of nitrogens with zero attached hydrogens (tertiary/aromatic N) is 3. The largest absolute Gasteiger partial charge is 0.468 e. The Kier molecular flexibility index (Phi) is 10.5. The summed E-state index contributed by atoms with van der Waals surface area (Å²) in [7, 11) is 2.58. The Morgan fingerprint density at radius 3 is 2.47 bits per heavy atom. The van der Waals surface area contributed by atoms with Crippen molar-refractivity contribution in [1.82, 2.24) is 10.6 Å². The molecule has 2 aliphatic rings. The quantitative estimate of drug-likeness (QED) is 0.298. The zero-order chi connectivity index (χ0) is 30.9. The molecule has 0 spiro atoms. The maximum Gasteiger partial charge on any atom is 0.336 e. The highest BCUT2D eigenvalue weighted by atomic mass is 16.5. The minimum Gasteiger partial charge on any atom is -0.468 e. The fourth-order valence-electron chi connectivity index (χ4n) is 5.81. The Labute approximate surface area is 251 Å². The van der Waals surface area contributed by atoms with Crippen molar-refractivity contribution in [3.63, 3.8) is 0 Å². The molecule has 0 bridgehead atoms. The number of para-hydroxylation sites is 1. The second kappa shape index (κ2) is 14.5. The van der Waals surface area contributed by atoms with E-state index in [4.69, 9.17) is 9.47 Å².